The second-order valence-electron chi connectivity index (χ2n) is 39.4. The van der Waals surface area contributed by atoms with Crippen molar-refractivity contribution in [2.24, 2.45) is 0 Å². The van der Waals surface area contributed by atoms with Crippen molar-refractivity contribution in [2.75, 3.05) is 0 Å². The summed E-state index contributed by atoms with van der Waals surface area (Å²) in [6.07, 6.45) is 0. The summed E-state index contributed by atoms with van der Waals surface area (Å²) >= 11 is 19.3. The van der Waals surface area contributed by atoms with Crippen molar-refractivity contribution in [2.45, 2.75) is 288 Å². The van der Waals surface area contributed by atoms with Gasteiger partial charge in [0.25, 0.3) is 0 Å². The van der Waals surface area contributed by atoms with Gasteiger partial charge in [0.05, 0.1) is 30.7 Å². The van der Waals surface area contributed by atoms with Crippen LogP contribution in [-0.2, 0) is 64.5 Å². The van der Waals surface area contributed by atoms with E-state index in [2.05, 4.69) is 241 Å². The monoisotopic (exact) mass is 2070 g/mol. The maximum atomic E-state index is 13.7. The smallest absolute Gasteiger partial charge is 0.349 e. The van der Waals surface area contributed by atoms with E-state index in [4.69, 9.17) is 33.2 Å². The van der Waals surface area contributed by atoms with Gasteiger partial charge in [0.15, 0.2) is 23.0 Å². The summed E-state index contributed by atoms with van der Waals surface area (Å²) in [4.78, 5) is 105. The van der Waals surface area contributed by atoms with Crippen LogP contribution in [0, 0.1) is 83.1 Å². The zero-order chi connectivity index (χ0) is 100. The number of fused-ring (bicyclic) bond motifs is 12. The lowest BCUT2D eigenvalue weighted by molar-refractivity contribution is -0.132. The molecule has 19 heterocycles. The molecule has 0 bridgehead atoms. The zero-order valence-corrected chi connectivity index (χ0v) is 94.7. The third-order valence-electron chi connectivity index (χ3n) is 27.3. The van der Waals surface area contributed by atoms with E-state index in [1.54, 1.807) is 79.4 Å². The maximum Gasteiger partial charge on any atom is 0.349 e. The number of esters is 4. The molecule has 0 spiro atoms. The van der Waals surface area contributed by atoms with Gasteiger partial charge in [0, 0.05) is 122 Å². The van der Waals surface area contributed by atoms with Crippen LogP contribution in [0.3, 0.4) is 0 Å². The highest BCUT2D eigenvalue weighted by Crippen LogP contribution is 2.64. The highest BCUT2D eigenvalue weighted by Gasteiger charge is 2.51. The predicted octanol–water partition coefficient (Wildman–Crippen LogP) is 35.2. The summed E-state index contributed by atoms with van der Waals surface area (Å²) < 4.78 is 43.1. The Labute approximate surface area is 860 Å². The van der Waals surface area contributed by atoms with Crippen LogP contribution in [0.15, 0.2) is 93.5 Å². The van der Waals surface area contributed by atoms with E-state index in [1.807, 2.05) is 78.1 Å². The summed E-state index contributed by atoms with van der Waals surface area (Å²) in [6.45, 7) is 72.0. The van der Waals surface area contributed by atoms with Crippen LogP contribution in [0.2, 0.25) is 0 Å². The van der Waals surface area contributed by atoms with Crippen LogP contribution >= 0.6 is 137 Å². The fourth-order valence-corrected chi connectivity index (χ4v) is 35.1. The van der Waals surface area contributed by atoms with E-state index in [9.17, 15) is 28.8 Å². The first-order chi connectivity index (χ1) is 65.1. The third kappa shape index (κ3) is 16.5. The number of ether oxygens (including phenoxy) is 7. The maximum absolute atomic E-state index is 13.7. The van der Waals surface area contributed by atoms with Crippen LogP contribution < -0.4 is 14.2 Å². The second kappa shape index (κ2) is 37.2. The number of carbonyl (C=O) groups excluding carboxylic acids is 6. The van der Waals surface area contributed by atoms with E-state index >= 15 is 0 Å². The molecular weight excluding hydrogens is 1950 g/mol. The average molecular weight is 2070 g/mol. The van der Waals surface area contributed by atoms with Crippen LogP contribution in [-0.4, -0.2) is 34.1 Å². The number of rotatable bonds is 15. The summed E-state index contributed by atoms with van der Waals surface area (Å²) in [6, 6.07) is 22.0. The van der Waals surface area contributed by atoms with E-state index in [1.165, 1.54) is 123 Å². The molecule has 25 heteroatoms. The Morgan fingerprint density at radius 3 is 0.913 bits per heavy atom. The molecule has 0 atom stereocenters. The van der Waals surface area contributed by atoms with E-state index in [0.29, 0.717) is 63.4 Å². The van der Waals surface area contributed by atoms with Crippen molar-refractivity contribution >= 4 is 204 Å². The number of thiophene rings is 10. The molecule has 0 unspecified atom stereocenters. The molecule has 12 aromatic rings. The fourth-order valence-electron chi connectivity index (χ4n) is 19.0. The molecule has 21 rings (SSSR count). The van der Waals surface area contributed by atoms with Crippen LogP contribution in [0.4, 0.5) is 0 Å². The number of hydrogen-bond donors (Lipinski definition) is 0. The van der Waals surface area contributed by atoms with E-state index < -0.39 is 40.7 Å². The standard InChI is InChI=1S/C39H38O5S2.C35H34O5S4.C35H34O3S6.2C2H6/c1-17(2)23-11-13-25-26-14-12-24(16-28(26)44-39(9,10)27(25)15-23)34-20(6)22(8)36(46-34)30-32-31(42-38(30)41)29(37(40)43-32)35-21(7)19(5)33(45-35)18(3)4;1-13(2)21-11-19-31(41-21)32-20(40-35(19,9)10)12-22(42-32)28-16(6)18(8)30(44-28)24-26-25(38-34(24)37)23(33(36)39-26)29-17(7)15(5)27(43-29)14(3)4;1-13(2)21-11-19-29(39-21)30-20(38-35(19,9)10)12-22(40-30)26-16(6)18(8)28(42-26)24-32-31(43-34(24)37)23(33(36)44-32)27-17(7)15(5)25(41-27)14(3)4;2*1-2/h11-18H,1-10H3;2*11-14H,1-10H3;2*1-2H3. The van der Waals surface area contributed by atoms with Gasteiger partial charge in [-0.1, -0.05) is 135 Å². The van der Waals surface area contributed by atoms with Gasteiger partial charge in [-0.15, -0.1) is 113 Å². The summed E-state index contributed by atoms with van der Waals surface area (Å²) in [5.74, 6) is 4.09. The third-order valence-corrected chi connectivity index (χ3v) is 44.6. The molecule has 0 radical (unpaired) electrons. The zero-order valence-electron chi connectivity index (χ0n) is 84.9. The molecule has 13 nitrogen and oxygen atoms in total. The first kappa shape index (κ1) is 101. The number of thioether (sulfide) groups is 2. The second-order valence-corrected chi connectivity index (χ2v) is 51.9. The Bertz CT molecular complexity index is 7170. The number of benzene rings is 2. The molecule has 138 heavy (non-hydrogen) atoms. The van der Waals surface area contributed by atoms with Gasteiger partial charge in [0.1, 0.15) is 56.3 Å². The highest BCUT2D eigenvalue weighted by molar-refractivity contribution is 8.25. The Hall–Kier alpha value is -8.80. The summed E-state index contributed by atoms with van der Waals surface area (Å²) in [5.41, 5.74) is 22.9. The van der Waals surface area contributed by atoms with Crippen molar-refractivity contribution in [1.29, 1.82) is 0 Å². The van der Waals surface area contributed by atoms with Crippen molar-refractivity contribution in [3.63, 3.8) is 0 Å². The molecule has 10 aromatic heterocycles. The topological polar surface area (TPSA) is 167 Å². The molecule has 0 fully saturated rings. The predicted molar refractivity (Wildman–Crippen MR) is 586 cm³/mol. The Balaban J connectivity index is 0.000000141. The van der Waals surface area contributed by atoms with E-state index in [0.717, 1.165) is 147 Å². The molecule has 720 valence electrons. The molecule has 0 amide bonds. The molecular formula is C113H118O13S12. The number of carbonyl (C=O) groups is 6. The van der Waals surface area contributed by atoms with Crippen molar-refractivity contribution in [3.05, 3.63) is 236 Å². The fraction of sp³-hybridized carbons (Fsp3) is 0.381. The lowest BCUT2D eigenvalue weighted by Crippen LogP contribution is -2.29. The Morgan fingerprint density at radius 2 is 0.565 bits per heavy atom. The van der Waals surface area contributed by atoms with Gasteiger partial charge in [-0.05, 0) is 291 Å². The van der Waals surface area contributed by atoms with Gasteiger partial charge < -0.3 is 33.2 Å². The van der Waals surface area contributed by atoms with Crippen LogP contribution in [0.25, 0.3) is 94.0 Å². The molecule has 0 aliphatic carbocycles. The van der Waals surface area contributed by atoms with Crippen molar-refractivity contribution < 1.29 is 61.9 Å². The van der Waals surface area contributed by atoms with Gasteiger partial charge in [-0.25, -0.2) is 19.2 Å². The lowest BCUT2D eigenvalue weighted by atomic mass is 9.83. The largest absolute Gasteiger partial charge is 0.482 e. The Kier molecular flexibility index (Phi) is 27.1. The van der Waals surface area contributed by atoms with Gasteiger partial charge >= 0.3 is 23.9 Å². The van der Waals surface area contributed by atoms with Gasteiger partial charge in [-0.3, -0.25) is 9.59 Å². The average Bonchev–Trinajstić information content (AvgIpc) is 1.59. The van der Waals surface area contributed by atoms with E-state index in [-0.39, 0.29) is 33.3 Å². The minimum Gasteiger partial charge on any atom is -0.482 e. The molecule has 0 N–H and O–H groups in total. The van der Waals surface area contributed by atoms with Crippen LogP contribution in [0.1, 0.15) is 330 Å². The highest BCUT2D eigenvalue weighted by atomic mass is 32.2. The Morgan fingerprint density at radius 1 is 0.261 bits per heavy atom. The summed E-state index contributed by atoms with van der Waals surface area (Å²) in [7, 11) is 0. The van der Waals surface area contributed by atoms with Crippen molar-refractivity contribution in [3.8, 4) is 77.8 Å². The van der Waals surface area contributed by atoms with Crippen molar-refractivity contribution in [1.82, 2.24) is 0 Å². The molecule has 9 aliphatic heterocycles. The van der Waals surface area contributed by atoms with Gasteiger partial charge in [-0.2, -0.15) is 0 Å². The van der Waals surface area contributed by atoms with Crippen LogP contribution in [0.5, 0.6) is 17.2 Å². The number of hydrogen-bond acceptors (Lipinski definition) is 25. The lowest BCUT2D eigenvalue weighted by Gasteiger charge is -2.35. The minimum atomic E-state index is -0.492. The first-order valence-corrected chi connectivity index (χ1v) is 57.2. The molecule has 0 saturated heterocycles. The molecule has 9 aliphatic rings. The minimum absolute atomic E-state index is 0.0402. The SMILES string of the molecule is CC.CC.Cc1c(C2=C3OC(=O)C(c4sc(C(C)C)c(C)c4C)=C3OC2=O)sc(-c2cc3c(s2)-c2sc(C(C)C)cc2C(C)(C)O3)c1C.Cc1c(C2=C3OC(=O)C(c4sc(C(C)C)c(C)c4C)=C3OC2=O)sc(-c2ccc3c(c2)OC(C)(C)c2cc(C(C)C)ccc2-3)c1C.Cc1c(C2=C3SC(=O)C(c4sc(C(C)C)c(C)c4C)=C3SC2=O)sc(-c2cc3c(s2)-c2sc(C(C)C)cc2C(C)(C)O3)c1C. The molecule has 2 aromatic carbocycles. The summed E-state index contributed by atoms with van der Waals surface area (Å²) in [5, 5.41) is 0.0925. The van der Waals surface area contributed by atoms with Gasteiger partial charge in [0.2, 0.25) is 10.2 Å². The first-order valence-electron chi connectivity index (χ1n) is 47.4. The quantitative estimate of drug-likeness (QED) is 0.0702. The normalized spacial score (nSPS) is 16.6. The molecule has 0 saturated carbocycles.